The van der Waals surface area contributed by atoms with Crippen LogP contribution in [0.15, 0.2) is 60.9 Å². The lowest BCUT2D eigenvalue weighted by molar-refractivity contribution is -0.688. The van der Waals surface area contributed by atoms with Gasteiger partial charge in [0.15, 0.2) is 30.5 Å². The molecule has 3 aromatic rings. The van der Waals surface area contributed by atoms with Crippen molar-refractivity contribution < 1.29 is 40.3 Å². The van der Waals surface area contributed by atoms with Gasteiger partial charge in [0.2, 0.25) is 0 Å². The highest BCUT2D eigenvalue weighted by atomic mass is 79.9. The Morgan fingerprint density at radius 2 is 2.00 bits per heavy atom. The van der Waals surface area contributed by atoms with E-state index in [2.05, 4.69) is 0 Å². The number of carbonyl (C=O) groups is 2. The van der Waals surface area contributed by atoms with Crippen LogP contribution in [0.25, 0.3) is 0 Å². The molecule has 1 atom stereocenters. The van der Waals surface area contributed by atoms with E-state index >= 15 is 0 Å². The van der Waals surface area contributed by atoms with Gasteiger partial charge in [0.1, 0.15) is 11.6 Å². The fraction of sp³-hybridized carbons (Fsp3) is 0.269. The van der Waals surface area contributed by atoms with Crippen LogP contribution >= 0.6 is 0 Å². The number of hydrogen-bond donors (Lipinski definition) is 0. The molecule has 4 nitrogen and oxygen atoms in total. The third kappa shape index (κ3) is 5.13. The van der Waals surface area contributed by atoms with Crippen LogP contribution in [0.5, 0.6) is 5.75 Å². The Hall–Kier alpha value is -2.86. The molecule has 1 unspecified atom stereocenters. The number of nitrogens with zero attached hydrogens (tertiary/aromatic N) is 1. The summed E-state index contributed by atoms with van der Waals surface area (Å²) >= 11 is 0. The predicted molar refractivity (Wildman–Crippen MR) is 115 cm³/mol. The van der Waals surface area contributed by atoms with Crippen LogP contribution in [0.3, 0.4) is 0 Å². The molecular formula is C26H25BrFNO3. The molecule has 0 radical (unpaired) electrons. The molecular weight excluding hydrogens is 473 g/mol. The van der Waals surface area contributed by atoms with E-state index in [-0.39, 0.29) is 40.3 Å². The number of ether oxygens (including phenoxy) is 1. The zero-order chi connectivity index (χ0) is 22.0. The molecule has 1 aliphatic rings. The Bertz CT molecular complexity index is 1160. The van der Waals surface area contributed by atoms with Crippen molar-refractivity contribution in [1.82, 2.24) is 0 Å². The maximum absolute atomic E-state index is 13.5. The molecule has 0 bridgehead atoms. The number of fused-ring (bicyclic) bond motifs is 1. The van der Waals surface area contributed by atoms with E-state index in [9.17, 15) is 14.0 Å². The van der Waals surface area contributed by atoms with Crippen LogP contribution in [0.1, 0.15) is 50.8 Å². The summed E-state index contributed by atoms with van der Waals surface area (Å²) in [5.41, 5.74) is 4.07. The van der Waals surface area contributed by atoms with Crippen molar-refractivity contribution >= 4 is 11.6 Å². The van der Waals surface area contributed by atoms with Gasteiger partial charge in [0, 0.05) is 23.1 Å². The minimum absolute atomic E-state index is 0. The van der Waals surface area contributed by atoms with E-state index in [1.807, 2.05) is 41.1 Å². The van der Waals surface area contributed by atoms with Gasteiger partial charge in [-0.25, -0.2) is 8.96 Å². The summed E-state index contributed by atoms with van der Waals surface area (Å²) in [4.78, 5) is 25.4. The van der Waals surface area contributed by atoms with Gasteiger partial charge >= 0.3 is 0 Å². The van der Waals surface area contributed by atoms with E-state index in [1.54, 1.807) is 19.4 Å². The second-order valence-corrected chi connectivity index (χ2v) is 8.07. The fourth-order valence-electron chi connectivity index (χ4n) is 4.29. The zero-order valence-electron chi connectivity index (χ0n) is 18.1. The Balaban J connectivity index is 0.00000289. The van der Waals surface area contributed by atoms with Gasteiger partial charge in [-0.05, 0) is 67.6 Å². The zero-order valence-corrected chi connectivity index (χ0v) is 19.7. The smallest absolute Gasteiger partial charge is 0.180 e. The predicted octanol–water partition coefficient (Wildman–Crippen LogP) is 1.36. The van der Waals surface area contributed by atoms with Gasteiger partial charge in [-0.2, -0.15) is 0 Å². The first-order valence-corrected chi connectivity index (χ1v) is 10.4. The van der Waals surface area contributed by atoms with E-state index < -0.39 is 0 Å². The number of aromatic nitrogens is 1. The number of halogens is 2. The van der Waals surface area contributed by atoms with Gasteiger partial charge in [-0.1, -0.05) is 12.1 Å². The van der Waals surface area contributed by atoms with Crippen molar-refractivity contribution in [2.24, 2.45) is 5.92 Å². The third-order valence-electron chi connectivity index (χ3n) is 5.92. The Labute approximate surface area is 197 Å². The number of ketones is 2. The van der Waals surface area contributed by atoms with Gasteiger partial charge in [-0.3, -0.25) is 9.59 Å². The van der Waals surface area contributed by atoms with E-state index in [4.69, 9.17) is 4.74 Å². The maximum Gasteiger partial charge on any atom is 0.180 e. The summed E-state index contributed by atoms with van der Waals surface area (Å²) < 4.78 is 20.6. The molecule has 1 aromatic heterocycles. The van der Waals surface area contributed by atoms with Crippen LogP contribution in [0.2, 0.25) is 0 Å². The number of methoxy groups -OCH3 is 1. The molecule has 32 heavy (non-hydrogen) atoms. The first-order valence-electron chi connectivity index (χ1n) is 10.4. The van der Waals surface area contributed by atoms with Crippen LogP contribution in [0.4, 0.5) is 4.39 Å². The van der Waals surface area contributed by atoms with Crippen LogP contribution in [-0.2, 0) is 19.4 Å². The molecule has 4 rings (SSSR count). The lowest BCUT2D eigenvalue weighted by Gasteiger charge is -2.24. The highest BCUT2D eigenvalue weighted by Crippen LogP contribution is 2.31. The highest BCUT2D eigenvalue weighted by Gasteiger charge is 2.29. The number of hydrogen-bond acceptors (Lipinski definition) is 3. The number of carbonyl (C=O) groups excluding carboxylic acids is 2. The third-order valence-corrected chi connectivity index (χ3v) is 5.92. The molecule has 0 spiro atoms. The molecule has 0 amide bonds. The van der Waals surface area contributed by atoms with Crippen molar-refractivity contribution in [2.75, 3.05) is 7.11 Å². The average molecular weight is 498 g/mol. The summed E-state index contributed by atoms with van der Waals surface area (Å²) in [5, 5.41) is 0. The highest BCUT2D eigenvalue weighted by molar-refractivity contribution is 6.01. The fourth-order valence-corrected chi connectivity index (χ4v) is 4.29. The molecule has 0 saturated carbocycles. The molecule has 1 aliphatic carbocycles. The van der Waals surface area contributed by atoms with Gasteiger partial charge in [0.25, 0.3) is 0 Å². The monoisotopic (exact) mass is 497 g/mol. The van der Waals surface area contributed by atoms with E-state index in [0.29, 0.717) is 18.5 Å². The quantitative estimate of drug-likeness (QED) is 0.381. The van der Waals surface area contributed by atoms with E-state index in [1.165, 1.54) is 19.1 Å². The molecule has 166 valence electrons. The molecule has 2 aromatic carbocycles. The minimum atomic E-state index is -0.282. The lowest BCUT2D eigenvalue weighted by atomic mass is 9.79. The van der Waals surface area contributed by atoms with Gasteiger partial charge < -0.3 is 21.7 Å². The molecule has 0 fully saturated rings. The second kappa shape index (κ2) is 10.2. The first-order chi connectivity index (χ1) is 14.9. The average Bonchev–Trinajstić information content (AvgIpc) is 2.76. The second-order valence-electron chi connectivity index (χ2n) is 8.07. The van der Waals surface area contributed by atoms with Crippen molar-refractivity contribution in [1.29, 1.82) is 0 Å². The number of pyridine rings is 1. The Morgan fingerprint density at radius 3 is 2.72 bits per heavy atom. The molecule has 0 N–H and O–H groups in total. The SMILES string of the molecule is COc1ccc2c(c1)CCC(Cc1cc[n+](Cc3cccc(F)c3)cc1C(C)=O)C2=O.[Br-]. The molecule has 6 heteroatoms. The number of aryl methyl sites for hydroxylation is 1. The summed E-state index contributed by atoms with van der Waals surface area (Å²) in [6, 6.07) is 13.9. The van der Waals surface area contributed by atoms with Crippen molar-refractivity contribution in [3.05, 3.63) is 94.6 Å². The lowest BCUT2D eigenvalue weighted by Crippen LogP contribution is -3.00. The van der Waals surface area contributed by atoms with Gasteiger partial charge in [-0.15, -0.1) is 0 Å². The standard InChI is InChI=1S/C26H25FNO3.BrH/c1-17(29)25-16-28(15-18-4-3-5-22(27)12-18)11-10-20(25)13-21-7-6-19-14-23(31-2)8-9-24(19)26(21)30;/h3-5,8-12,14,16,21H,6-7,13,15H2,1-2H3;1H/q+1;/p-1. The topological polar surface area (TPSA) is 47.2 Å². The molecule has 0 saturated heterocycles. The normalized spacial score (nSPS) is 15.0. The van der Waals surface area contributed by atoms with Crippen LogP contribution in [0, 0.1) is 11.7 Å². The number of Topliss-reactive ketones (excluding diaryl/α,β-unsaturated/α-hetero) is 2. The van der Waals surface area contributed by atoms with Gasteiger partial charge in [0.05, 0.1) is 12.7 Å². The largest absolute Gasteiger partial charge is 1.00 e. The van der Waals surface area contributed by atoms with E-state index in [0.717, 1.165) is 40.8 Å². The number of benzene rings is 2. The molecule has 0 aliphatic heterocycles. The van der Waals surface area contributed by atoms with Crippen molar-refractivity contribution in [2.45, 2.75) is 32.7 Å². The number of rotatable bonds is 6. The summed E-state index contributed by atoms with van der Waals surface area (Å²) in [6.07, 6.45) is 5.77. The minimum Gasteiger partial charge on any atom is -1.00 e. The summed E-state index contributed by atoms with van der Waals surface area (Å²) in [7, 11) is 1.62. The maximum atomic E-state index is 13.5. The van der Waals surface area contributed by atoms with Crippen molar-refractivity contribution in [3.63, 3.8) is 0 Å². The van der Waals surface area contributed by atoms with Crippen LogP contribution in [-0.4, -0.2) is 18.7 Å². The molecule has 1 heterocycles. The van der Waals surface area contributed by atoms with Crippen LogP contribution < -0.4 is 26.3 Å². The first kappa shape index (κ1) is 23.8. The Morgan fingerprint density at radius 1 is 1.19 bits per heavy atom. The summed E-state index contributed by atoms with van der Waals surface area (Å²) in [6.45, 7) is 2.01. The summed E-state index contributed by atoms with van der Waals surface area (Å²) in [5.74, 6) is 0.398. The van der Waals surface area contributed by atoms with Crippen molar-refractivity contribution in [3.8, 4) is 5.75 Å². The Kier molecular flexibility index (Phi) is 7.56.